The standard InChI is InChI=1S/C21H31N3O2/c25-21(23-19-9-5-7-16-6-1-2-8-18(16)19)22-14-20(17-10-13-26-15-17)24-11-3-4-12-24/h5,7,9,17,20H,1-4,6,8,10-15H2,(H2,22,23,25). The number of fused-ring (bicyclic) bond motifs is 1. The first-order valence-corrected chi connectivity index (χ1v) is 10.3. The third kappa shape index (κ3) is 4.04. The van der Waals surface area contributed by atoms with Crippen molar-refractivity contribution in [1.82, 2.24) is 10.2 Å². The van der Waals surface area contributed by atoms with E-state index < -0.39 is 0 Å². The first-order chi connectivity index (χ1) is 12.8. The fourth-order valence-electron chi connectivity index (χ4n) is 4.79. The monoisotopic (exact) mass is 357 g/mol. The molecule has 0 bridgehead atoms. The molecule has 2 fully saturated rings. The van der Waals surface area contributed by atoms with Crippen molar-refractivity contribution in [2.75, 3.05) is 38.2 Å². The van der Waals surface area contributed by atoms with Gasteiger partial charge in [0.2, 0.25) is 0 Å². The van der Waals surface area contributed by atoms with Crippen molar-refractivity contribution in [3.05, 3.63) is 29.3 Å². The molecule has 2 atom stereocenters. The summed E-state index contributed by atoms with van der Waals surface area (Å²) >= 11 is 0. The molecule has 2 N–H and O–H groups in total. The Labute approximate surface area is 156 Å². The second-order valence-electron chi connectivity index (χ2n) is 7.92. The van der Waals surface area contributed by atoms with Gasteiger partial charge >= 0.3 is 6.03 Å². The highest BCUT2D eigenvalue weighted by atomic mass is 16.5. The Balaban J connectivity index is 1.36. The van der Waals surface area contributed by atoms with Gasteiger partial charge in [-0.1, -0.05) is 12.1 Å². The third-order valence-electron chi connectivity index (χ3n) is 6.23. The van der Waals surface area contributed by atoms with E-state index in [1.165, 1.54) is 36.8 Å². The highest BCUT2D eigenvalue weighted by molar-refractivity contribution is 5.90. The van der Waals surface area contributed by atoms with Gasteiger partial charge in [0.25, 0.3) is 0 Å². The number of benzene rings is 1. The van der Waals surface area contributed by atoms with E-state index in [0.717, 1.165) is 51.3 Å². The second-order valence-corrected chi connectivity index (χ2v) is 7.92. The van der Waals surface area contributed by atoms with E-state index in [9.17, 15) is 4.79 Å². The number of carbonyl (C=O) groups is 1. The molecule has 2 heterocycles. The van der Waals surface area contributed by atoms with Crippen LogP contribution in [0.25, 0.3) is 0 Å². The molecule has 2 saturated heterocycles. The number of nitrogens with one attached hydrogen (secondary N) is 2. The van der Waals surface area contributed by atoms with Crippen molar-refractivity contribution < 1.29 is 9.53 Å². The number of nitrogens with zero attached hydrogens (tertiary/aromatic N) is 1. The average molecular weight is 357 g/mol. The van der Waals surface area contributed by atoms with Gasteiger partial charge in [-0.05, 0) is 75.2 Å². The molecule has 2 amide bonds. The van der Waals surface area contributed by atoms with Crippen molar-refractivity contribution in [3.8, 4) is 0 Å². The van der Waals surface area contributed by atoms with Crippen LogP contribution in [0.2, 0.25) is 0 Å². The number of carbonyl (C=O) groups excluding carboxylic acids is 1. The number of aryl methyl sites for hydroxylation is 1. The van der Waals surface area contributed by atoms with Gasteiger partial charge in [0.15, 0.2) is 0 Å². The van der Waals surface area contributed by atoms with E-state index in [0.29, 0.717) is 18.5 Å². The van der Waals surface area contributed by atoms with Gasteiger partial charge < -0.3 is 15.4 Å². The number of likely N-dealkylation sites (tertiary alicyclic amines) is 1. The molecule has 26 heavy (non-hydrogen) atoms. The van der Waals surface area contributed by atoms with Crippen LogP contribution in [0.5, 0.6) is 0 Å². The highest BCUT2D eigenvalue weighted by Gasteiger charge is 2.32. The smallest absolute Gasteiger partial charge is 0.319 e. The van der Waals surface area contributed by atoms with Crippen LogP contribution in [0, 0.1) is 5.92 Å². The molecular formula is C21H31N3O2. The predicted octanol–water partition coefficient (Wildman–Crippen LogP) is 3.19. The van der Waals surface area contributed by atoms with Crippen LogP contribution < -0.4 is 10.6 Å². The zero-order chi connectivity index (χ0) is 17.8. The maximum absolute atomic E-state index is 12.6. The van der Waals surface area contributed by atoms with E-state index in [-0.39, 0.29) is 6.03 Å². The fourth-order valence-corrected chi connectivity index (χ4v) is 4.79. The molecule has 3 aliphatic rings. The van der Waals surface area contributed by atoms with Crippen LogP contribution in [0.3, 0.4) is 0 Å². The third-order valence-corrected chi connectivity index (χ3v) is 6.23. The molecule has 1 aliphatic carbocycles. The predicted molar refractivity (Wildman–Crippen MR) is 104 cm³/mol. The summed E-state index contributed by atoms with van der Waals surface area (Å²) in [4.78, 5) is 15.1. The zero-order valence-electron chi connectivity index (χ0n) is 15.6. The lowest BCUT2D eigenvalue weighted by Crippen LogP contribution is -2.48. The Morgan fingerprint density at radius 1 is 1.19 bits per heavy atom. The summed E-state index contributed by atoms with van der Waals surface area (Å²) < 4.78 is 5.61. The molecule has 4 rings (SSSR count). The summed E-state index contributed by atoms with van der Waals surface area (Å²) in [7, 11) is 0. The molecule has 0 saturated carbocycles. The number of hydrogen-bond donors (Lipinski definition) is 2. The molecule has 1 aromatic rings. The Bertz CT molecular complexity index is 606. The van der Waals surface area contributed by atoms with Crippen LogP contribution in [0.15, 0.2) is 18.2 Å². The number of rotatable bonds is 5. The van der Waals surface area contributed by atoms with Gasteiger partial charge in [-0.25, -0.2) is 4.79 Å². The number of hydrogen-bond acceptors (Lipinski definition) is 3. The van der Waals surface area contributed by atoms with Gasteiger partial charge in [0.05, 0.1) is 6.61 Å². The van der Waals surface area contributed by atoms with Gasteiger partial charge in [-0.3, -0.25) is 4.90 Å². The molecule has 142 valence electrons. The quantitative estimate of drug-likeness (QED) is 0.851. The van der Waals surface area contributed by atoms with Crippen molar-refractivity contribution in [3.63, 3.8) is 0 Å². The Hall–Kier alpha value is -1.59. The average Bonchev–Trinajstić information content (AvgIpc) is 3.37. The second kappa shape index (κ2) is 8.40. The van der Waals surface area contributed by atoms with E-state index in [4.69, 9.17) is 4.74 Å². The maximum atomic E-state index is 12.6. The van der Waals surface area contributed by atoms with E-state index >= 15 is 0 Å². The fraction of sp³-hybridized carbons (Fsp3) is 0.667. The lowest BCUT2D eigenvalue weighted by Gasteiger charge is -2.32. The summed E-state index contributed by atoms with van der Waals surface area (Å²) in [6.07, 6.45) is 8.32. The Kier molecular flexibility index (Phi) is 5.75. The van der Waals surface area contributed by atoms with Crippen LogP contribution in [-0.2, 0) is 17.6 Å². The molecule has 0 aromatic heterocycles. The maximum Gasteiger partial charge on any atom is 0.319 e. The molecule has 1 aromatic carbocycles. The van der Waals surface area contributed by atoms with Crippen LogP contribution in [-0.4, -0.2) is 49.8 Å². The summed E-state index contributed by atoms with van der Waals surface area (Å²) in [5, 5.41) is 6.25. The molecule has 5 nitrogen and oxygen atoms in total. The molecule has 5 heteroatoms. The van der Waals surface area contributed by atoms with Gasteiger partial charge in [0, 0.05) is 30.8 Å². The molecule has 2 aliphatic heterocycles. The molecule has 0 spiro atoms. The summed E-state index contributed by atoms with van der Waals surface area (Å²) in [6.45, 7) is 4.69. The highest BCUT2D eigenvalue weighted by Crippen LogP contribution is 2.28. The first-order valence-electron chi connectivity index (χ1n) is 10.3. The van der Waals surface area contributed by atoms with E-state index in [1.54, 1.807) is 0 Å². The van der Waals surface area contributed by atoms with Crippen LogP contribution >= 0.6 is 0 Å². The van der Waals surface area contributed by atoms with Gasteiger partial charge in [-0.2, -0.15) is 0 Å². The van der Waals surface area contributed by atoms with Crippen LogP contribution in [0.4, 0.5) is 10.5 Å². The minimum absolute atomic E-state index is 0.0768. The molecular weight excluding hydrogens is 326 g/mol. The van der Waals surface area contributed by atoms with Crippen molar-refractivity contribution in [1.29, 1.82) is 0 Å². The van der Waals surface area contributed by atoms with Gasteiger partial charge in [-0.15, -0.1) is 0 Å². The summed E-state index contributed by atoms with van der Waals surface area (Å²) in [5.74, 6) is 0.540. The van der Waals surface area contributed by atoms with Crippen LogP contribution in [0.1, 0.15) is 43.2 Å². The van der Waals surface area contributed by atoms with Crippen molar-refractivity contribution >= 4 is 11.7 Å². The van der Waals surface area contributed by atoms with Gasteiger partial charge in [0.1, 0.15) is 0 Å². The molecule has 2 unspecified atom stereocenters. The molecule has 0 radical (unpaired) electrons. The lowest BCUT2D eigenvalue weighted by molar-refractivity contribution is 0.135. The Morgan fingerprint density at radius 3 is 2.85 bits per heavy atom. The topological polar surface area (TPSA) is 53.6 Å². The summed E-state index contributed by atoms with van der Waals surface area (Å²) in [6, 6.07) is 6.61. The van der Waals surface area contributed by atoms with Crippen molar-refractivity contribution in [2.45, 2.75) is 51.0 Å². The SMILES string of the molecule is O=C(NCC(C1CCOC1)N1CCCC1)Nc1cccc2c1CCCC2. The Morgan fingerprint density at radius 2 is 2.04 bits per heavy atom. The minimum atomic E-state index is -0.0768. The number of anilines is 1. The number of urea groups is 1. The number of ether oxygens (including phenoxy) is 1. The number of amides is 2. The van der Waals surface area contributed by atoms with Crippen molar-refractivity contribution in [2.24, 2.45) is 5.92 Å². The van der Waals surface area contributed by atoms with E-state index in [1.807, 2.05) is 6.07 Å². The largest absolute Gasteiger partial charge is 0.381 e. The van der Waals surface area contributed by atoms with E-state index in [2.05, 4.69) is 27.7 Å². The lowest BCUT2D eigenvalue weighted by atomic mass is 9.90. The zero-order valence-corrected chi connectivity index (χ0v) is 15.6. The normalized spacial score (nSPS) is 24.2. The minimum Gasteiger partial charge on any atom is -0.381 e. The summed E-state index contributed by atoms with van der Waals surface area (Å²) in [5.41, 5.74) is 3.71. The first kappa shape index (κ1) is 17.8.